The van der Waals surface area contributed by atoms with Crippen LogP contribution in [0.5, 0.6) is 5.75 Å². The number of amides is 1. The Morgan fingerprint density at radius 3 is 2.33 bits per heavy atom. The number of aryl methyl sites for hydroxylation is 1. The van der Waals surface area contributed by atoms with Crippen molar-refractivity contribution in [1.29, 1.82) is 0 Å². The molecular weight excluding hydrogens is 262 g/mol. The van der Waals surface area contributed by atoms with Crippen molar-refractivity contribution in [3.63, 3.8) is 0 Å². The quantitative estimate of drug-likeness (QED) is 0.818. The van der Waals surface area contributed by atoms with Crippen molar-refractivity contribution in [2.45, 2.75) is 72.4 Å². The van der Waals surface area contributed by atoms with Crippen LogP contribution in [0.2, 0.25) is 0 Å². The number of rotatable bonds is 7. The number of hydrogen-bond donors (Lipinski definition) is 1. The fourth-order valence-corrected chi connectivity index (χ4v) is 2.16. The van der Waals surface area contributed by atoms with E-state index in [0.717, 1.165) is 24.2 Å². The summed E-state index contributed by atoms with van der Waals surface area (Å²) in [5.74, 6) is 1.20. The van der Waals surface area contributed by atoms with Crippen LogP contribution >= 0.6 is 0 Å². The van der Waals surface area contributed by atoms with Crippen LogP contribution in [0.25, 0.3) is 0 Å². The first-order chi connectivity index (χ1) is 9.88. The zero-order chi connectivity index (χ0) is 16.0. The molecule has 1 amide bonds. The second kappa shape index (κ2) is 8.06. The molecule has 118 valence electrons. The van der Waals surface area contributed by atoms with Crippen LogP contribution in [0.4, 0.5) is 0 Å². The SMILES string of the molecule is CCC(CC)NC(=O)C(C)Oc1cc(C(C)C)ccc1C. The van der Waals surface area contributed by atoms with Crippen LogP contribution in [0, 0.1) is 6.92 Å². The topological polar surface area (TPSA) is 38.3 Å². The van der Waals surface area contributed by atoms with E-state index in [9.17, 15) is 4.79 Å². The van der Waals surface area contributed by atoms with Gasteiger partial charge in [0.2, 0.25) is 0 Å². The summed E-state index contributed by atoms with van der Waals surface area (Å²) in [6.07, 6.45) is 1.40. The molecule has 21 heavy (non-hydrogen) atoms. The minimum absolute atomic E-state index is 0.0435. The third-order valence-electron chi connectivity index (χ3n) is 3.88. The van der Waals surface area contributed by atoms with Crippen molar-refractivity contribution in [2.24, 2.45) is 0 Å². The first-order valence-corrected chi connectivity index (χ1v) is 7.96. The first kappa shape index (κ1) is 17.5. The molecule has 1 aromatic rings. The van der Waals surface area contributed by atoms with Gasteiger partial charge in [0.1, 0.15) is 5.75 Å². The largest absolute Gasteiger partial charge is 0.481 e. The minimum Gasteiger partial charge on any atom is -0.481 e. The van der Waals surface area contributed by atoms with Crippen molar-refractivity contribution >= 4 is 5.91 Å². The second-order valence-corrected chi connectivity index (χ2v) is 5.96. The molecule has 3 heteroatoms. The van der Waals surface area contributed by atoms with E-state index < -0.39 is 6.10 Å². The molecule has 1 unspecified atom stereocenters. The molecule has 0 saturated heterocycles. The molecule has 0 radical (unpaired) electrons. The van der Waals surface area contributed by atoms with Gasteiger partial charge in [-0.15, -0.1) is 0 Å². The van der Waals surface area contributed by atoms with Gasteiger partial charge in [0.25, 0.3) is 5.91 Å². The van der Waals surface area contributed by atoms with Crippen LogP contribution < -0.4 is 10.1 Å². The van der Waals surface area contributed by atoms with E-state index >= 15 is 0 Å². The summed E-state index contributed by atoms with van der Waals surface area (Å²) in [5.41, 5.74) is 2.28. The Labute approximate surface area is 129 Å². The van der Waals surface area contributed by atoms with E-state index in [4.69, 9.17) is 4.74 Å². The van der Waals surface area contributed by atoms with E-state index in [2.05, 4.69) is 45.1 Å². The number of ether oxygens (including phenoxy) is 1. The normalized spacial score (nSPS) is 12.6. The minimum atomic E-state index is -0.480. The van der Waals surface area contributed by atoms with Gasteiger partial charge in [-0.2, -0.15) is 0 Å². The maximum absolute atomic E-state index is 12.2. The van der Waals surface area contributed by atoms with E-state index in [0.29, 0.717) is 5.92 Å². The lowest BCUT2D eigenvalue weighted by molar-refractivity contribution is -0.128. The van der Waals surface area contributed by atoms with Gasteiger partial charge in [0.05, 0.1) is 0 Å². The lowest BCUT2D eigenvalue weighted by Gasteiger charge is -2.21. The van der Waals surface area contributed by atoms with Gasteiger partial charge in [-0.25, -0.2) is 0 Å². The smallest absolute Gasteiger partial charge is 0.260 e. The van der Waals surface area contributed by atoms with Gasteiger partial charge in [-0.1, -0.05) is 39.8 Å². The first-order valence-electron chi connectivity index (χ1n) is 7.96. The Kier molecular flexibility index (Phi) is 6.73. The predicted octanol–water partition coefficient (Wildman–Crippen LogP) is 4.19. The molecule has 0 fully saturated rings. The van der Waals surface area contributed by atoms with Gasteiger partial charge >= 0.3 is 0 Å². The Hall–Kier alpha value is -1.51. The Morgan fingerprint density at radius 1 is 1.19 bits per heavy atom. The maximum atomic E-state index is 12.2. The highest BCUT2D eigenvalue weighted by Gasteiger charge is 2.18. The molecule has 0 aromatic heterocycles. The molecule has 0 bridgehead atoms. The Balaban J connectivity index is 2.76. The Morgan fingerprint density at radius 2 is 1.81 bits per heavy atom. The fourth-order valence-electron chi connectivity index (χ4n) is 2.16. The predicted molar refractivity (Wildman–Crippen MR) is 87.9 cm³/mol. The summed E-state index contributed by atoms with van der Waals surface area (Å²) in [6, 6.07) is 6.44. The highest BCUT2D eigenvalue weighted by atomic mass is 16.5. The standard InChI is InChI=1S/C18H29NO2/c1-7-16(8-2)19-18(20)14(6)21-17-11-15(12(3)4)10-9-13(17)5/h9-12,14,16H,7-8H2,1-6H3,(H,19,20). The molecule has 0 spiro atoms. The average molecular weight is 291 g/mol. The molecule has 1 atom stereocenters. The molecule has 3 nitrogen and oxygen atoms in total. The third kappa shape index (κ3) is 5.07. The van der Waals surface area contributed by atoms with Crippen molar-refractivity contribution < 1.29 is 9.53 Å². The molecule has 1 aromatic carbocycles. The molecule has 1 rings (SSSR count). The summed E-state index contributed by atoms with van der Waals surface area (Å²) in [4.78, 5) is 12.2. The van der Waals surface area contributed by atoms with Crippen LogP contribution in [0.1, 0.15) is 64.5 Å². The molecule has 0 heterocycles. The van der Waals surface area contributed by atoms with Crippen LogP contribution in [0.3, 0.4) is 0 Å². The second-order valence-electron chi connectivity index (χ2n) is 5.96. The van der Waals surface area contributed by atoms with Gasteiger partial charge in [0.15, 0.2) is 6.10 Å². The van der Waals surface area contributed by atoms with E-state index in [1.807, 2.05) is 13.0 Å². The Bertz CT molecular complexity index is 464. The summed E-state index contributed by atoms with van der Waals surface area (Å²) in [5, 5.41) is 3.03. The highest BCUT2D eigenvalue weighted by Crippen LogP contribution is 2.25. The summed E-state index contributed by atoms with van der Waals surface area (Å²) < 4.78 is 5.88. The van der Waals surface area contributed by atoms with Gasteiger partial charge in [-0.3, -0.25) is 4.79 Å². The molecule has 0 saturated carbocycles. The molecule has 0 aliphatic heterocycles. The number of nitrogens with one attached hydrogen (secondary N) is 1. The maximum Gasteiger partial charge on any atom is 0.260 e. The summed E-state index contributed by atoms with van der Waals surface area (Å²) in [6.45, 7) is 12.3. The summed E-state index contributed by atoms with van der Waals surface area (Å²) >= 11 is 0. The van der Waals surface area contributed by atoms with Crippen molar-refractivity contribution in [2.75, 3.05) is 0 Å². The average Bonchev–Trinajstić information content (AvgIpc) is 2.46. The third-order valence-corrected chi connectivity index (χ3v) is 3.88. The number of hydrogen-bond acceptors (Lipinski definition) is 2. The van der Waals surface area contributed by atoms with Crippen LogP contribution in [-0.4, -0.2) is 18.1 Å². The van der Waals surface area contributed by atoms with Crippen molar-refractivity contribution in [1.82, 2.24) is 5.32 Å². The number of benzene rings is 1. The molecule has 0 aliphatic carbocycles. The lowest BCUT2D eigenvalue weighted by atomic mass is 10.0. The zero-order valence-corrected chi connectivity index (χ0v) is 14.2. The highest BCUT2D eigenvalue weighted by molar-refractivity contribution is 5.81. The van der Waals surface area contributed by atoms with Crippen molar-refractivity contribution in [3.8, 4) is 5.75 Å². The molecule has 1 N–H and O–H groups in total. The number of carbonyl (C=O) groups is 1. The lowest BCUT2D eigenvalue weighted by Crippen LogP contribution is -2.42. The fraction of sp³-hybridized carbons (Fsp3) is 0.611. The van der Waals surface area contributed by atoms with E-state index in [1.54, 1.807) is 6.92 Å². The monoisotopic (exact) mass is 291 g/mol. The molecular formula is C18H29NO2. The van der Waals surface area contributed by atoms with Gasteiger partial charge in [-0.05, 0) is 49.8 Å². The van der Waals surface area contributed by atoms with Crippen molar-refractivity contribution in [3.05, 3.63) is 29.3 Å². The molecule has 0 aliphatic rings. The van der Waals surface area contributed by atoms with Gasteiger partial charge < -0.3 is 10.1 Å². The van der Waals surface area contributed by atoms with Gasteiger partial charge in [0, 0.05) is 6.04 Å². The van der Waals surface area contributed by atoms with E-state index in [-0.39, 0.29) is 11.9 Å². The summed E-state index contributed by atoms with van der Waals surface area (Å²) in [7, 11) is 0. The number of carbonyl (C=O) groups excluding carboxylic acids is 1. The van der Waals surface area contributed by atoms with Crippen LogP contribution in [0.15, 0.2) is 18.2 Å². The van der Waals surface area contributed by atoms with Crippen LogP contribution in [-0.2, 0) is 4.79 Å². The zero-order valence-electron chi connectivity index (χ0n) is 14.2. The van der Waals surface area contributed by atoms with E-state index in [1.165, 1.54) is 5.56 Å².